The average molecular weight is 318 g/mol. The number of ether oxygens (including phenoxy) is 1. The molecule has 0 aromatic heterocycles. The minimum Gasteiger partial charge on any atom is -0.383 e. The van der Waals surface area contributed by atoms with E-state index in [1.54, 1.807) is 12.0 Å². The summed E-state index contributed by atoms with van der Waals surface area (Å²) < 4.78 is 5.09. The highest BCUT2D eigenvalue weighted by Gasteiger charge is 2.36. The smallest absolute Gasteiger partial charge is 0.229 e. The van der Waals surface area contributed by atoms with E-state index >= 15 is 0 Å². The molecule has 0 aliphatic carbocycles. The number of anilines is 1. The number of hydrogen-bond donors (Lipinski definition) is 1. The summed E-state index contributed by atoms with van der Waals surface area (Å²) in [6.07, 6.45) is 0.268. The van der Waals surface area contributed by atoms with Crippen LogP contribution < -0.4 is 5.32 Å². The zero-order chi connectivity index (χ0) is 17.0. The number of amides is 2. The second kappa shape index (κ2) is 7.59. The van der Waals surface area contributed by atoms with Gasteiger partial charge < -0.3 is 15.0 Å². The lowest BCUT2D eigenvalue weighted by atomic mass is 10.0. The molecular formula is C18H26N2O3. The van der Waals surface area contributed by atoms with E-state index in [-0.39, 0.29) is 30.2 Å². The molecule has 1 N–H and O–H groups in total. The van der Waals surface area contributed by atoms with Crippen LogP contribution in [0.15, 0.2) is 24.3 Å². The minimum atomic E-state index is -0.299. The zero-order valence-corrected chi connectivity index (χ0v) is 14.3. The second-order valence-electron chi connectivity index (χ2n) is 6.52. The fraction of sp³-hybridized carbons (Fsp3) is 0.556. The number of carbonyl (C=O) groups excluding carboxylic acids is 2. The van der Waals surface area contributed by atoms with Crippen molar-refractivity contribution in [3.63, 3.8) is 0 Å². The highest BCUT2D eigenvalue weighted by atomic mass is 16.5. The maximum Gasteiger partial charge on any atom is 0.229 e. The van der Waals surface area contributed by atoms with Crippen LogP contribution in [0.5, 0.6) is 0 Å². The van der Waals surface area contributed by atoms with E-state index in [0.717, 1.165) is 5.69 Å². The molecule has 2 amide bonds. The lowest BCUT2D eigenvalue weighted by Gasteiger charge is -2.23. The summed E-state index contributed by atoms with van der Waals surface area (Å²) in [7, 11) is 1.61. The van der Waals surface area contributed by atoms with Gasteiger partial charge in [-0.25, -0.2) is 0 Å². The molecule has 0 radical (unpaired) electrons. The van der Waals surface area contributed by atoms with Crippen molar-refractivity contribution < 1.29 is 14.3 Å². The van der Waals surface area contributed by atoms with Crippen molar-refractivity contribution in [2.45, 2.75) is 39.2 Å². The molecule has 0 bridgehead atoms. The average Bonchev–Trinajstić information content (AvgIpc) is 2.90. The van der Waals surface area contributed by atoms with Crippen molar-refractivity contribution in [1.29, 1.82) is 0 Å². The highest BCUT2D eigenvalue weighted by molar-refractivity contribution is 5.97. The lowest BCUT2D eigenvalue weighted by molar-refractivity contribution is -0.130. The fourth-order valence-corrected chi connectivity index (χ4v) is 2.86. The molecule has 5 heteroatoms. The van der Waals surface area contributed by atoms with Crippen LogP contribution in [0.1, 0.15) is 38.7 Å². The van der Waals surface area contributed by atoms with Crippen LogP contribution in [0.25, 0.3) is 0 Å². The van der Waals surface area contributed by atoms with Gasteiger partial charge in [-0.3, -0.25) is 9.59 Å². The van der Waals surface area contributed by atoms with Gasteiger partial charge in [-0.2, -0.15) is 0 Å². The molecular weight excluding hydrogens is 292 g/mol. The molecule has 0 spiro atoms. The summed E-state index contributed by atoms with van der Waals surface area (Å²) >= 11 is 0. The normalized spacial score (nSPS) is 19.3. The number of hydrogen-bond acceptors (Lipinski definition) is 3. The number of rotatable bonds is 6. The van der Waals surface area contributed by atoms with E-state index in [1.807, 2.05) is 31.2 Å². The third-order valence-electron chi connectivity index (χ3n) is 4.31. The lowest BCUT2D eigenvalue weighted by Crippen LogP contribution is -2.38. The molecule has 1 aliphatic heterocycles. The molecule has 23 heavy (non-hydrogen) atoms. The van der Waals surface area contributed by atoms with Gasteiger partial charge in [0.05, 0.1) is 18.6 Å². The Morgan fingerprint density at radius 1 is 1.30 bits per heavy atom. The van der Waals surface area contributed by atoms with E-state index < -0.39 is 0 Å². The Bertz CT molecular complexity index is 554. The monoisotopic (exact) mass is 318 g/mol. The van der Waals surface area contributed by atoms with Crippen LogP contribution in [0.2, 0.25) is 0 Å². The predicted octanol–water partition coefficient (Wildman–Crippen LogP) is 2.63. The van der Waals surface area contributed by atoms with Gasteiger partial charge in [0.15, 0.2) is 0 Å². The highest BCUT2D eigenvalue weighted by Crippen LogP contribution is 2.23. The van der Waals surface area contributed by atoms with E-state index in [4.69, 9.17) is 4.74 Å². The Balaban J connectivity index is 1.95. The summed E-state index contributed by atoms with van der Waals surface area (Å²) in [5, 5.41) is 2.91. The van der Waals surface area contributed by atoms with Gasteiger partial charge in [-0.1, -0.05) is 26.0 Å². The summed E-state index contributed by atoms with van der Waals surface area (Å²) in [5.41, 5.74) is 2.01. The molecule has 1 heterocycles. The van der Waals surface area contributed by atoms with Crippen molar-refractivity contribution in [3.05, 3.63) is 29.8 Å². The van der Waals surface area contributed by atoms with Gasteiger partial charge in [-0.05, 0) is 30.5 Å². The molecule has 2 atom stereocenters. The van der Waals surface area contributed by atoms with E-state index in [1.165, 1.54) is 5.56 Å². The molecule has 1 saturated heterocycles. The molecule has 1 aromatic carbocycles. The van der Waals surface area contributed by atoms with Crippen LogP contribution in [-0.2, 0) is 14.3 Å². The number of nitrogens with one attached hydrogen (secondary N) is 1. The third kappa shape index (κ3) is 4.32. The summed E-state index contributed by atoms with van der Waals surface area (Å²) in [5.74, 6) is 0.0854. The first-order chi connectivity index (χ1) is 10.9. The van der Waals surface area contributed by atoms with Crippen LogP contribution in [0, 0.1) is 5.92 Å². The Kier molecular flexibility index (Phi) is 5.77. The number of nitrogens with zero attached hydrogens (tertiary/aromatic N) is 1. The van der Waals surface area contributed by atoms with Crippen molar-refractivity contribution >= 4 is 17.5 Å². The summed E-state index contributed by atoms with van der Waals surface area (Å²) in [4.78, 5) is 26.2. The molecule has 1 aromatic rings. The van der Waals surface area contributed by atoms with Crippen LogP contribution in [0.4, 0.5) is 5.69 Å². The molecule has 1 fully saturated rings. The molecule has 126 valence electrons. The van der Waals surface area contributed by atoms with E-state index in [9.17, 15) is 9.59 Å². The summed E-state index contributed by atoms with van der Waals surface area (Å²) in [6.45, 7) is 7.14. The zero-order valence-electron chi connectivity index (χ0n) is 14.3. The Morgan fingerprint density at radius 3 is 2.52 bits per heavy atom. The topological polar surface area (TPSA) is 58.6 Å². The van der Waals surface area contributed by atoms with Gasteiger partial charge >= 0.3 is 0 Å². The number of benzene rings is 1. The number of methoxy groups -OCH3 is 1. The maximum atomic E-state index is 12.4. The van der Waals surface area contributed by atoms with Gasteiger partial charge in [0.1, 0.15) is 0 Å². The van der Waals surface area contributed by atoms with Crippen molar-refractivity contribution in [1.82, 2.24) is 4.90 Å². The molecule has 5 nitrogen and oxygen atoms in total. The van der Waals surface area contributed by atoms with Crippen molar-refractivity contribution in [2.75, 3.05) is 25.6 Å². The Morgan fingerprint density at radius 2 is 1.96 bits per heavy atom. The first-order valence-electron chi connectivity index (χ1n) is 8.11. The van der Waals surface area contributed by atoms with Gasteiger partial charge in [0.2, 0.25) is 11.8 Å². The number of carbonyl (C=O) groups is 2. The SMILES string of the molecule is COCC(C)N1CC(C(=O)Nc2ccc(C(C)C)cc2)CC1=O. The van der Waals surface area contributed by atoms with Crippen LogP contribution in [-0.4, -0.2) is 43.0 Å². The van der Waals surface area contributed by atoms with Gasteiger partial charge in [-0.15, -0.1) is 0 Å². The van der Waals surface area contributed by atoms with Gasteiger partial charge in [0.25, 0.3) is 0 Å². The van der Waals surface area contributed by atoms with E-state index in [2.05, 4.69) is 19.2 Å². The third-order valence-corrected chi connectivity index (χ3v) is 4.31. The molecule has 0 saturated carbocycles. The minimum absolute atomic E-state index is 0.00405. The quantitative estimate of drug-likeness (QED) is 0.877. The summed E-state index contributed by atoms with van der Waals surface area (Å²) in [6, 6.07) is 7.86. The Labute approximate surface area is 138 Å². The van der Waals surface area contributed by atoms with Crippen molar-refractivity contribution in [2.24, 2.45) is 5.92 Å². The molecule has 2 rings (SSSR count). The standard InChI is InChI=1S/C18H26N2O3/c1-12(2)14-5-7-16(8-6-14)19-18(22)15-9-17(21)20(10-15)13(3)11-23-4/h5-8,12-13,15H,9-11H2,1-4H3,(H,19,22). The Hall–Kier alpha value is -1.88. The fourth-order valence-electron chi connectivity index (χ4n) is 2.86. The molecule has 2 unspecified atom stereocenters. The largest absolute Gasteiger partial charge is 0.383 e. The maximum absolute atomic E-state index is 12.4. The van der Waals surface area contributed by atoms with Crippen LogP contribution in [0.3, 0.4) is 0 Å². The number of likely N-dealkylation sites (tertiary alicyclic amines) is 1. The first kappa shape index (κ1) is 17.5. The predicted molar refractivity (Wildman–Crippen MR) is 90.3 cm³/mol. The van der Waals surface area contributed by atoms with E-state index in [0.29, 0.717) is 19.1 Å². The second-order valence-corrected chi connectivity index (χ2v) is 6.52. The first-order valence-corrected chi connectivity index (χ1v) is 8.11. The van der Waals surface area contributed by atoms with Crippen molar-refractivity contribution in [3.8, 4) is 0 Å². The van der Waals surface area contributed by atoms with Crippen LogP contribution >= 0.6 is 0 Å². The van der Waals surface area contributed by atoms with Gasteiger partial charge in [0, 0.05) is 25.8 Å². The molecule has 1 aliphatic rings.